The van der Waals surface area contributed by atoms with Gasteiger partial charge in [-0.15, -0.1) is 0 Å². The Hall–Kier alpha value is -3.13. The van der Waals surface area contributed by atoms with Gasteiger partial charge in [-0.1, -0.05) is 42.5 Å². The summed E-state index contributed by atoms with van der Waals surface area (Å²) in [5.41, 5.74) is 4.52. The fourth-order valence-electron chi connectivity index (χ4n) is 2.72. The molecule has 0 bridgehead atoms. The van der Waals surface area contributed by atoms with Gasteiger partial charge in [-0.05, 0) is 52.7 Å². The Bertz CT molecular complexity index is 931. The van der Waals surface area contributed by atoms with Gasteiger partial charge in [0.2, 0.25) is 0 Å². The van der Waals surface area contributed by atoms with E-state index in [1.165, 1.54) is 16.3 Å². The van der Waals surface area contributed by atoms with Crippen LogP contribution in [0.1, 0.15) is 0 Å². The summed E-state index contributed by atoms with van der Waals surface area (Å²) < 4.78 is 0. The van der Waals surface area contributed by atoms with Crippen molar-refractivity contribution >= 4 is 22.1 Å². The topological polar surface area (TPSA) is 24.9 Å². The van der Waals surface area contributed by atoms with Crippen LogP contribution in [0.25, 0.3) is 21.9 Å². The van der Waals surface area contributed by atoms with Crippen molar-refractivity contribution in [3.8, 4) is 11.1 Å². The molecule has 1 N–H and O–H groups in total. The monoisotopic (exact) mass is 296 g/mol. The summed E-state index contributed by atoms with van der Waals surface area (Å²) in [6, 6.07) is 27.2. The van der Waals surface area contributed by atoms with E-state index in [-0.39, 0.29) is 0 Å². The first-order valence-corrected chi connectivity index (χ1v) is 7.65. The zero-order valence-corrected chi connectivity index (χ0v) is 12.6. The lowest BCUT2D eigenvalue weighted by atomic mass is 10.0. The standard InChI is InChI=1S/C21H16N2/c1-2-6-20(7-3-1)23-21-11-10-16-13-17(8-9-18(16)14-21)19-5-4-12-22-15-19/h1-15,23H. The van der Waals surface area contributed by atoms with Gasteiger partial charge in [-0.2, -0.15) is 0 Å². The van der Waals surface area contributed by atoms with Crippen LogP contribution < -0.4 is 5.32 Å². The summed E-state index contributed by atoms with van der Waals surface area (Å²) in [6.45, 7) is 0. The van der Waals surface area contributed by atoms with E-state index in [2.05, 4.69) is 64.9 Å². The highest BCUT2D eigenvalue weighted by atomic mass is 14.9. The molecule has 2 heteroatoms. The maximum Gasteiger partial charge on any atom is 0.0390 e. The lowest BCUT2D eigenvalue weighted by Crippen LogP contribution is -1.89. The SMILES string of the molecule is c1ccc(Nc2ccc3cc(-c4cccnc4)ccc3c2)cc1. The Morgan fingerprint density at radius 2 is 1.43 bits per heavy atom. The zero-order chi connectivity index (χ0) is 15.5. The number of aromatic nitrogens is 1. The van der Waals surface area contributed by atoms with Crippen LogP contribution in [0.5, 0.6) is 0 Å². The minimum absolute atomic E-state index is 1.10. The van der Waals surface area contributed by atoms with Crippen molar-refractivity contribution in [2.75, 3.05) is 5.32 Å². The average molecular weight is 296 g/mol. The highest BCUT2D eigenvalue weighted by molar-refractivity contribution is 5.90. The third-order valence-electron chi connectivity index (χ3n) is 3.90. The number of hydrogen-bond acceptors (Lipinski definition) is 2. The molecule has 1 heterocycles. The predicted molar refractivity (Wildman–Crippen MR) is 96.9 cm³/mol. The van der Waals surface area contributed by atoms with E-state index in [9.17, 15) is 0 Å². The number of fused-ring (bicyclic) bond motifs is 1. The molecule has 0 atom stereocenters. The Morgan fingerprint density at radius 1 is 0.609 bits per heavy atom. The summed E-state index contributed by atoms with van der Waals surface area (Å²) in [5, 5.41) is 5.88. The average Bonchev–Trinajstić information content (AvgIpc) is 2.63. The van der Waals surface area contributed by atoms with Crippen molar-refractivity contribution < 1.29 is 0 Å². The Labute approximate surface area is 135 Å². The van der Waals surface area contributed by atoms with Crippen molar-refractivity contribution in [2.45, 2.75) is 0 Å². The van der Waals surface area contributed by atoms with Gasteiger partial charge in [0.1, 0.15) is 0 Å². The molecular weight excluding hydrogens is 280 g/mol. The number of rotatable bonds is 3. The second-order valence-electron chi connectivity index (χ2n) is 5.51. The molecule has 0 unspecified atom stereocenters. The Balaban J connectivity index is 1.68. The molecule has 0 saturated heterocycles. The molecule has 110 valence electrons. The van der Waals surface area contributed by atoms with E-state index in [0.29, 0.717) is 0 Å². The van der Waals surface area contributed by atoms with Crippen LogP contribution in [0, 0.1) is 0 Å². The molecule has 4 aromatic rings. The molecule has 0 saturated carbocycles. The third kappa shape index (κ3) is 2.92. The van der Waals surface area contributed by atoms with Gasteiger partial charge < -0.3 is 5.32 Å². The maximum atomic E-state index is 4.19. The Kier molecular flexibility index (Phi) is 3.49. The largest absolute Gasteiger partial charge is 0.356 e. The van der Waals surface area contributed by atoms with Crippen molar-refractivity contribution in [1.82, 2.24) is 4.98 Å². The summed E-state index contributed by atoms with van der Waals surface area (Å²) in [4.78, 5) is 4.19. The van der Waals surface area contributed by atoms with E-state index >= 15 is 0 Å². The van der Waals surface area contributed by atoms with Gasteiger partial charge in [0, 0.05) is 29.3 Å². The lowest BCUT2D eigenvalue weighted by molar-refractivity contribution is 1.33. The maximum absolute atomic E-state index is 4.19. The normalized spacial score (nSPS) is 10.6. The number of benzene rings is 3. The van der Waals surface area contributed by atoms with E-state index in [0.717, 1.165) is 16.9 Å². The first-order chi connectivity index (χ1) is 11.4. The van der Waals surface area contributed by atoms with Gasteiger partial charge in [-0.3, -0.25) is 4.98 Å². The van der Waals surface area contributed by atoms with Crippen LogP contribution in [0.4, 0.5) is 11.4 Å². The smallest absolute Gasteiger partial charge is 0.0390 e. The molecule has 0 aliphatic carbocycles. The van der Waals surface area contributed by atoms with Gasteiger partial charge >= 0.3 is 0 Å². The molecular formula is C21H16N2. The van der Waals surface area contributed by atoms with Gasteiger partial charge in [0.15, 0.2) is 0 Å². The number of hydrogen-bond donors (Lipinski definition) is 1. The molecule has 1 aromatic heterocycles. The summed E-state index contributed by atoms with van der Waals surface area (Å²) in [6.07, 6.45) is 3.69. The van der Waals surface area contributed by atoms with Gasteiger partial charge in [-0.25, -0.2) is 0 Å². The van der Waals surface area contributed by atoms with E-state index in [1.54, 1.807) is 6.20 Å². The number of pyridine rings is 1. The van der Waals surface area contributed by atoms with Crippen molar-refractivity contribution in [3.63, 3.8) is 0 Å². The zero-order valence-electron chi connectivity index (χ0n) is 12.6. The first-order valence-electron chi connectivity index (χ1n) is 7.65. The molecule has 0 radical (unpaired) electrons. The van der Waals surface area contributed by atoms with Crippen LogP contribution in [0.2, 0.25) is 0 Å². The van der Waals surface area contributed by atoms with Crippen molar-refractivity contribution in [1.29, 1.82) is 0 Å². The quantitative estimate of drug-likeness (QED) is 0.528. The molecule has 2 nitrogen and oxygen atoms in total. The fourth-order valence-corrected chi connectivity index (χ4v) is 2.72. The summed E-state index contributed by atoms with van der Waals surface area (Å²) in [7, 11) is 0. The van der Waals surface area contributed by atoms with Gasteiger partial charge in [0.25, 0.3) is 0 Å². The summed E-state index contributed by atoms with van der Waals surface area (Å²) in [5.74, 6) is 0. The summed E-state index contributed by atoms with van der Waals surface area (Å²) >= 11 is 0. The van der Waals surface area contributed by atoms with Crippen LogP contribution in [0.3, 0.4) is 0 Å². The van der Waals surface area contributed by atoms with Crippen LogP contribution in [-0.4, -0.2) is 4.98 Å². The third-order valence-corrected chi connectivity index (χ3v) is 3.90. The molecule has 0 spiro atoms. The van der Waals surface area contributed by atoms with E-state index in [4.69, 9.17) is 0 Å². The number of nitrogens with zero attached hydrogens (tertiary/aromatic N) is 1. The number of anilines is 2. The second-order valence-corrected chi connectivity index (χ2v) is 5.51. The molecule has 0 fully saturated rings. The molecule has 23 heavy (non-hydrogen) atoms. The van der Waals surface area contributed by atoms with Crippen LogP contribution in [0.15, 0.2) is 91.3 Å². The van der Waals surface area contributed by atoms with E-state index in [1.807, 2.05) is 30.5 Å². The molecule has 0 aliphatic heterocycles. The highest BCUT2D eigenvalue weighted by Gasteiger charge is 2.01. The van der Waals surface area contributed by atoms with Crippen molar-refractivity contribution in [2.24, 2.45) is 0 Å². The minimum atomic E-state index is 1.10. The number of para-hydroxylation sites is 1. The lowest BCUT2D eigenvalue weighted by Gasteiger charge is -2.09. The van der Waals surface area contributed by atoms with E-state index < -0.39 is 0 Å². The highest BCUT2D eigenvalue weighted by Crippen LogP contribution is 2.27. The van der Waals surface area contributed by atoms with Gasteiger partial charge in [0.05, 0.1) is 0 Å². The minimum Gasteiger partial charge on any atom is -0.356 e. The number of nitrogens with one attached hydrogen (secondary N) is 1. The second kappa shape index (κ2) is 5.93. The van der Waals surface area contributed by atoms with Crippen LogP contribution in [-0.2, 0) is 0 Å². The fraction of sp³-hybridized carbons (Fsp3) is 0. The van der Waals surface area contributed by atoms with Crippen molar-refractivity contribution in [3.05, 3.63) is 91.3 Å². The van der Waals surface area contributed by atoms with Crippen LogP contribution >= 0.6 is 0 Å². The predicted octanol–water partition coefficient (Wildman–Crippen LogP) is 5.65. The Morgan fingerprint density at radius 3 is 2.26 bits per heavy atom. The first kappa shape index (κ1) is 13.5. The molecule has 0 amide bonds. The molecule has 3 aromatic carbocycles. The molecule has 4 rings (SSSR count). The molecule has 0 aliphatic rings.